The highest BCUT2D eigenvalue weighted by atomic mass is 16.7. The largest absolute Gasteiger partial charge is 0.445 e. The van der Waals surface area contributed by atoms with E-state index in [0.29, 0.717) is 0 Å². The fourth-order valence-electron chi connectivity index (χ4n) is 5.71. The van der Waals surface area contributed by atoms with Gasteiger partial charge in [0.15, 0.2) is 22.9 Å². The van der Waals surface area contributed by atoms with Gasteiger partial charge < -0.3 is 19.3 Å². The fraction of sp³-hybridized carbons (Fsp3) is 0.400. The number of hydrogen-bond donors (Lipinski definition) is 1. The highest BCUT2D eigenvalue weighted by Gasteiger charge is 2.93. The average Bonchev–Trinajstić information content (AvgIpc) is 3.53. The van der Waals surface area contributed by atoms with Gasteiger partial charge in [0.1, 0.15) is 18.2 Å². The molecule has 6 atom stereocenters. The smallest absolute Gasteiger partial charge is 0.414 e. The van der Waals surface area contributed by atoms with Crippen LogP contribution in [0.1, 0.15) is 13.3 Å². The van der Waals surface area contributed by atoms with E-state index in [1.54, 1.807) is 6.92 Å². The van der Waals surface area contributed by atoms with E-state index in [9.17, 15) is 19.5 Å². The standard InChI is InChI=1S/C25H21NO7/c1-4-13-32-21(29)26-19-9-7-5-6-8-11-22(30)20(28)14-16(2)24(19)25(22,33-24)18-15-17(27)10-12-23(18,26)31-3/h4-6,10,12,15-16,19,30H,1,13-14H2,2-3H3/b6-5-/t16-,19-,22?,23?,24-,25-/m0/s1. The first-order valence-electron chi connectivity index (χ1n) is 10.5. The number of hydrogen-bond acceptors (Lipinski definition) is 7. The van der Waals surface area contributed by atoms with E-state index >= 15 is 0 Å². The van der Waals surface area contributed by atoms with E-state index in [0.717, 1.165) is 0 Å². The van der Waals surface area contributed by atoms with Crippen LogP contribution in [0.3, 0.4) is 0 Å². The number of rotatable bonds is 3. The molecule has 0 aromatic heterocycles. The molecule has 1 N–H and O–H groups in total. The van der Waals surface area contributed by atoms with Gasteiger partial charge in [0.05, 0.1) is 0 Å². The van der Waals surface area contributed by atoms with Crippen LogP contribution in [-0.4, -0.2) is 70.0 Å². The number of Topliss-reactive ketones (excluding diaryl/α,β-unsaturated/α-hetero) is 1. The van der Waals surface area contributed by atoms with Gasteiger partial charge in [-0.1, -0.05) is 43.3 Å². The monoisotopic (exact) mass is 447 g/mol. The van der Waals surface area contributed by atoms with Gasteiger partial charge in [-0.3, -0.25) is 14.5 Å². The second kappa shape index (κ2) is 6.79. The van der Waals surface area contributed by atoms with Gasteiger partial charge in [0.25, 0.3) is 0 Å². The van der Waals surface area contributed by atoms with Crippen LogP contribution in [0.2, 0.25) is 0 Å². The van der Waals surface area contributed by atoms with Crippen molar-refractivity contribution in [3.8, 4) is 23.7 Å². The molecule has 168 valence electrons. The van der Waals surface area contributed by atoms with Crippen molar-refractivity contribution in [3.05, 3.63) is 48.6 Å². The lowest BCUT2D eigenvalue weighted by Crippen LogP contribution is -2.76. The third kappa shape index (κ3) is 2.30. The summed E-state index contributed by atoms with van der Waals surface area (Å²) in [5.74, 6) is 9.85. The first kappa shape index (κ1) is 21.4. The lowest BCUT2D eigenvalue weighted by atomic mass is 9.54. The molecule has 2 heterocycles. The van der Waals surface area contributed by atoms with Crippen molar-refractivity contribution in [2.45, 2.75) is 41.9 Å². The molecular weight excluding hydrogens is 426 g/mol. The van der Waals surface area contributed by atoms with Crippen LogP contribution < -0.4 is 0 Å². The van der Waals surface area contributed by atoms with E-state index in [1.807, 2.05) is 0 Å². The van der Waals surface area contributed by atoms with Crippen molar-refractivity contribution in [2.75, 3.05) is 13.7 Å². The first-order valence-corrected chi connectivity index (χ1v) is 10.5. The number of epoxide rings is 1. The van der Waals surface area contributed by atoms with Gasteiger partial charge in [0.2, 0.25) is 5.60 Å². The summed E-state index contributed by atoms with van der Waals surface area (Å²) < 4.78 is 17.6. The van der Waals surface area contributed by atoms with Gasteiger partial charge >= 0.3 is 6.09 Å². The predicted octanol–water partition coefficient (Wildman–Crippen LogP) is 0.826. The summed E-state index contributed by atoms with van der Waals surface area (Å²) in [4.78, 5) is 40.5. The second-order valence-electron chi connectivity index (χ2n) is 8.54. The maximum absolute atomic E-state index is 13.4. The number of aliphatic hydroxyl groups is 1. The van der Waals surface area contributed by atoms with Crippen molar-refractivity contribution in [3.63, 3.8) is 0 Å². The molecule has 2 unspecified atom stereocenters. The van der Waals surface area contributed by atoms with Gasteiger partial charge in [0, 0.05) is 19.1 Å². The number of ketones is 2. The SMILES string of the molecule is C=CCOC(=O)N1[C@H]2C#C/C=C\C#CC3(O)C(=O)C[C@H](C)[C@]24O[C@@]34C2=CC(=O)C=CC21OC. The zero-order chi connectivity index (χ0) is 23.6. The number of nitrogens with zero attached hydrogens (tertiary/aromatic N) is 1. The van der Waals surface area contributed by atoms with Crippen LogP contribution >= 0.6 is 0 Å². The number of piperidine rings is 1. The van der Waals surface area contributed by atoms with Crippen LogP contribution in [0, 0.1) is 29.6 Å². The quantitative estimate of drug-likeness (QED) is 0.388. The van der Waals surface area contributed by atoms with Crippen molar-refractivity contribution < 1.29 is 33.7 Å². The molecule has 4 bridgehead atoms. The molecule has 2 saturated heterocycles. The normalized spacial score (nSPS) is 42.3. The minimum absolute atomic E-state index is 0.0541. The zero-order valence-corrected chi connectivity index (χ0v) is 18.1. The van der Waals surface area contributed by atoms with Crippen molar-refractivity contribution in [2.24, 2.45) is 5.92 Å². The molecule has 5 rings (SSSR count). The van der Waals surface area contributed by atoms with Crippen LogP contribution in [0.5, 0.6) is 0 Å². The van der Waals surface area contributed by atoms with Gasteiger partial charge in [-0.2, -0.15) is 0 Å². The molecule has 8 nitrogen and oxygen atoms in total. The summed E-state index contributed by atoms with van der Waals surface area (Å²) in [5.41, 5.74) is -6.94. The van der Waals surface area contributed by atoms with Crippen molar-refractivity contribution >= 4 is 17.7 Å². The Bertz CT molecular complexity index is 1220. The van der Waals surface area contributed by atoms with E-state index in [1.165, 1.54) is 48.5 Å². The summed E-state index contributed by atoms with van der Waals surface area (Å²) in [6, 6.07) is -0.996. The predicted molar refractivity (Wildman–Crippen MR) is 114 cm³/mol. The summed E-state index contributed by atoms with van der Waals surface area (Å²) in [7, 11) is 1.35. The van der Waals surface area contributed by atoms with Gasteiger partial charge in [-0.15, -0.1) is 0 Å². The Morgan fingerprint density at radius 1 is 1.39 bits per heavy atom. The Morgan fingerprint density at radius 2 is 2.15 bits per heavy atom. The minimum atomic E-state index is -2.28. The zero-order valence-electron chi connectivity index (χ0n) is 18.1. The maximum atomic E-state index is 13.4. The minimum Gasteiger partial charge on any atom is -0.445 e. The molecule has 1 amide bonds. The highest BCUT2D eigenvalue weighted by Crippen LogP contribution is 2.73. The van der Waals surface area contributed by atoms with Crippen molar-refractivity contribution in [1.82, 2.24) is 4.90 Å². The number of ether oxygens (including phenoxy) is 3. The molecule has 5 aliphatic rings. The second-order valence-corrected chi connectivity index (χ2v) is 8.54. The first-order chi connectivity index (χ1) is 15.7. The molecular formula is C25H21NO7. The van der Waals surface area contributed by atoms with E-state index in [4.69, 9.17) is 14.2 Å². The summed E-state index contributed by atoms with van der Waals surface area (Å²) in [6.45, 7) is 5.29. The Labute approximate surface area is 190 Å². The number of allylic oxidation sites excluding steroid dienone is 4. The number of carbonyl (C=O) groups excluding carboxylic acids is 3. The summed E-state index contributed by atoms with van der Waals surface area (Å²) in [6.07, 6.45) is 7.35. The molecule has 3 fully saturated rings. The van der Waals surface area contributed by atoms with Crippen LogP contribution in [0.4, 0.5) is 4.79 Å². The van der Waals surface area contributed by atoms with Crippen LogP contribution in [0.25, 0.3) is 0 Å². The Hall–Kier alpha value is -3.43. The highest BCUT2D eigenvalue weighted by molar-refractivity contribution is 6.04. The average molecular weight is 447 g/mol. The lowest BCUT2D eigenvalue weighted by Gasteiger charge is -2.55. The number of methoxy groups -OCH3 is 1. The molecule has 0 spiro atoms. The molecule has 1 saturated carbocycles. The fourth-order valence-corrected chi connectivity index (χ4v) is 5.71. The molecule has 8 heteroatoms. The van der Waals surface area contributed by atoms with Gasteiger partial charge in [-0.25, -0.2) is 4.79 Å². The van der Waals surface area contributed by atoms with Crippen molar-refractivity contribution in [1.29, 1.82) is 0 Å². The number of fused-ring (bicyclic) bond motifs is 1. The molecule has 0 aromatic carbocycles. The molecule has 33 heavy (non-hydrogen) atoms. The Kier molecular flexibility index (Phi) is 4.40. The number of amides is 1. The molecule has 0 aromatic rings. The van der Waals surface area contributed by atoms with Gasteiger partial charge in [-0.05, 0) is 36.3 Å². The molecule has 3 aliphatic carbocycles. The summed E-state index contributed by atoms with van der Waals surface area (Å²) >= 11 is 0. The topological polar surface area (TPSA) is 106 Å². The van der Waals surface area contributed by atoms with E-state index in [2.05, 4.69) is 30.3 Å². The summed E-state index contributed by atoms with van der Waals surface area (Å²) in [5, 5.41) is 11.8. The van der Waals surface area contributed by atoms with E-state index < -0.39 is 52.1 Å². The number of likely N-dealkylation sites (tertiary alicyclic amines) is 1. The number of carbonyl (C=O) groups is 3. The molecule has 0 radical (unpaired) electrons. The Balaban J connectivity index is 1.87. The molecule has 2 aliphatic heterocycles. The third-order valence-electron chi connectivity index (χ3n) is 7.07. The maximum Gasteiger partial charge on any atom is 0.414 e. The third-order valence-corrected chi connectivity index (χ3v) is 7.07. The Morgan fingerprint density at radius 3 is 2.88 bits per heavy atom. The van der Waals surface area contributed by atoms with E-state index in [-0.39, 0.29) is 18.6 Å². The van der Waals surface area contributed by atoms with Crippen LogP contribution in [0.15, 0.2) is 48.6 Å². The lowest BCUT2D eigenvalue weighted by molar-refractivity contribution is -0.150. The van der Waals surface area contributed by atoms with Crippen LogP contribution in [-0.2, 0) is 23.8 Å².